The van der Waals surface area contributed by atoms with E-state index in [4.69, 9.17) is 4.74 Å². The van der Waals surface area contributed by atoms with Gasteiger partial charge in [0.1, 0.15) is 0 Å². The summed E-state index contributed by atoms with van der Waals surface area (Å²) in [6, 6.07) is 0. The molecule has 0 saturated heterocycles. The topological polar surface area (TPSA) is 69.9 Å². The minimum absolute atomic E-state index is 0.0682. The van der Waals surface area contributed by atoms with Crippen LogP contribution in [0.15, 0.2) is 11.6 Å². The molecule has 0 aromatic rings. The van der Waals surface area contributed by atoms with Gasteiger partial charge in [-0.15, -0.1) is 0 Å². The third-order valence-corrected chi connectivity index (χ3v) is 13.7. The molecule has 0 aromatic heterocycles. The van der Waals surface area contributed by atoms with Crippen LogP contribution in [-0.4, -0.2) is 47.3 Å². The zero-order valence-electron chi connectivity index (χ0n) is 23.7. The van der Waals surface area contributed by atoms with Gasteiger partial charge in [0.05, 0.1) is 24.9 Å². The summed E-state index contributed by atoms with van der Waals surface area (Å²) < 4.78 is 5.90. The Morgan fingerprint density at radius 1 is 0.886 bits per heavy atom. The second-order valence-electron chi connectivity index (χ2n) is 15.4. The van der Waals surface area contributed by atoms with E-state index < -0.39 is 17.6 Å². The van der Waals surface area contributed by atoms with E-state index in [1.165, 1.54) is 0 Å². The lowest BCUT2D eigenvalue weighted by atomic mass is 9.33. The molecule has 0 aromatic carbocycles. The SMILES string of the molecule is CO[C@H]1[C@@H](O)[C@]2(C)CC[C@]3(C)C(=CC[C@@H]4[C@@]5(C)CC[C@H](O)[C@@](C)(CO)C5CC[C@]43C)[C@H]2CC1(C)C. The number of hydrogen-bond acceptors (Lipinski definition) is 4. The predicted octanol–water partition coefficient (Wildman–Crippen LogP) is 5.74. The van der Waals surface area contributed by atoms with Gasteiger partial charge < -0.3 is 20.1 Å². The van der Waals surface area contributed by atoms with Crippen molar-refractivity contribution in [1.29, 1.82) is 0 Å². The fourth-order valence-corrected chi connectivity index (χ4v) is 11.1. The molecular weight excluding hydrogens is 436 g/mol. The summed E-state index contributed by atoms with van der Waals surface area (Å²) in [5.41, 5.74) is 1.44. The highest BCUT2D eigenvalue weighted by molar-refractivity contribution is 5.34. The van der Waals surface area contributed by atoms with Crippen molar-refractivity contribution in [3.8, 4) is 0 Å². The number of hydrogen-bond donors (Lipinski definition) is 3. The first-order valence-electron chi connectivity index (χ1n) is 14.4. The summed E-state index contributed by atoms with van der Waals surface area (Å²) in [5.74, 6) is 1.29. The Labute approximate surface area is 213 Å². The van der Waals surface area contributed by atoms with Gasteiger partial charge >= 0.3 is 0 Å². The Morgan fingerprint density at radius 3 is 2.20 bits per heavy atom. The predicted molar refractivity (Wildman–Crippen MR) is 140 cm³/mol. The van der Waals surface area contributed by atoms with E-state index in [0.717, 1.165) is 51.4 Å². The minimum Gasteiger partial charge on any atom is -0.396 e. The molecule has 0 heterocycles. The molecule has 0 aliphatic heterocycles. The van der Waals surface area contributed by atoms with Gasteiger partial charge in [0.2, 0.25) is 0 Å². The van der Waals surface area contributed by atoms with Crippen LogP contribution in [0.2, 0.25) is 0 Å². The highest BCUT2D eigenvalue weighted by atomic mass is 16.5. The highest BCUT2D eigenvalue weighted by Gasteiger charge is 2.69. The average molecular weight is 489 g/mol. The number of methoxy groups -OCH3 is 1. The lowest BCUT2D eigenvalue weighted by Crippen LogP contribution is -2.67. The number of rotatable bonds is 2. The fourth-order valence-electron chi connectivity index (χ4n) is 11.1. The van der Waals surface area contributed by atoms with Gasteiger partial charge in [0, 0.05) is 17.9 Å². The molecule has 0 radical (unpaired) electrons. The maximum Gasteiger partial charge on any atom is 0.0886 e. The molecule has 5 aliphatic carbocycles. The van der Waals surface area contributed by atoms with Crippen molar-refractivity contribution in [3.05, 3.63) is 11.6 Å². The Bertz CT molecular complexity index is 896. The summed E-state index contributed by atoms with van der Waals surface area (Å²) in [6.45, 7) is 16.7. The third kappa shape index (κ3) is 3.06. The van der Waals surface area contributed by atoms with Crippen LogP contribution < -0.4 is 0 Å². The first-order chi connectivity index (χ1) is 16.2. The molecule has 0 amide bonds. The lowest BCUT2D eigenvalue weighted by Gasteiger charge is -2.72. The molecular formula is C31H52O4. The summed E-state index contributed by atoms with van der Waals surface area (Å²) in [5, 5.41) is 33.0. The Kier molecular flexibility index (Phi) is 5.84. The third-order valence-electron chi connectivity index (χ3n) is 13.7. The van der Waals surface area contributed by atoms with Crippen molar-refractivity contribution in [3.63, 3.8) is 0 Å². The van der Waals surface area contributed by atoms with Crippen LogP contribution in [-0.2, 0) is 4.74 Å². The number of fused-ring (bicyclic) bond motifs is 7. The molecule has 35 heavy (non-hydrogen) atoms. The van der Waals surface area contributed by atoms with Crippen LogP contribution in [0.3, 0.4) is 0 Å². The first-order valence-corrected chi connectivity index (χ1v) is 14.4. The van der Waals surface area contributed by atoms with E-state index in [1.54, 1.807) is 12.7 Å². The molecule has 4 nitrogen and oxygen atoms in total. The smallest absolute Gasteiger partial charge is 0.0886 e. The standard InChI is InChI=1S/C31H52O4/c1-26(2)17-20-19-9-10-22-28(4)13-12-23(33)29(5,18-32)21(28)11-14-31(22,7)30(19,6)16-15-27(20,3)24(34)25(26)35-8/h9,20-25,32-34H,10-18H2,1-8H3/t20-,21?,22-,23+,24-,25+,27-,28+,29+,30-,31-/m1/s1. The molecule has 5 aliphatic rings. The van der Waals surface area contributed by atoms with Crippen molar-refractivity contribution in [2.75, 3.05) is 13.7 Å². The largest absolute Gasteiger partial charge is 0.396 e. The second-order valence-corrected chi connectivity index (χ2v) is 15.4. The van der Waals surface area contributed by atoms with Gasteiger partial charge in [-0.1, -0.05) is 60.1 Å². The average Bonchev–Trinajstić information content (AvgIpc) is 2.79. The van der Waals surface area contributed by atoms with E-state index in [9.17, 15) is 15.3 Å². The zero-order chi connectivity index (χ0) is 25.8. The van der Waals surface area contributed by atoms with Gasteiger partial charge in [-0.2, -0.15) is 0 Å². The van der Waals surface area contributed by atoms with Gasteiger partial charge in [0.25, 0.3) is 0 Å². The van der Waals surface area contributed by atoms with Crippen LogP contribution >= 0.6 is 0 Å². The zero-order valence-corrected chi connectivity index (χ0v) is 23.7. The quantitative estimate of drug-likeness (QED) is 0.434. The Hall–Kier alpha value is -0.420. The molecule has 0 bridgehead atoms. The van der Waals surface area contributed by atoms with Gasteiger partial charge in [-0.3, -0.25) is 0 Å². The van der Waals surface area contributed by atoms with E-state index in [-0.39, 0.29) is 39.8 Å². The fraction of sp³-hybridized carbons (Fsp3) is 0.935. The molecule has 200 valence electrons. The van der Waals surface area contributed by atoms with E-state index in [0.29, 0.717) is 17.8 Å². The molecule has 3 N–H and O–H groups in total. The van der Waals surface area contributed by atoms with Crippen molar-refractivity contribution < 1.29 is 20.1 Å². The van der Waals surface area contributed by atoms with Crippen LogP contribution in [0, 0.1) is 50.2 Å². The first kappa shape index (κ1) is 26.2. The van der Waals surface area contributed by atoms with Crippen molar-refractivity contribution >= 4 is 0 Å². The molecule has 1 unspecified atom stereocenters. The van der Waals surface area contributed by atoms with E-state index in [1.807, 2.05) is 0 Å². The number of aliphatic hydroxyl groups excluding tert-OH is 3. The highest BCUT2D eigenvalue weighted by Crippen LogP contribution is 2.75. The summed E-state index contributed by atoms with van der Waals surface area (Å²) in [4.78, 5) is 0. The maximum atomic E-state index is 11.6. The van der Waals surface area contributed by atoms with E-state index in [2.05, 4.69) is 54.5 Å². The van der Waals surface area contributed by atoms with Crippen molar-refractivity contribution in [1.82, 2.24) is 0 Å². The maximum absolute atomic E-state index is 11.6. The van der Waals surface area contributed by atoms with Crippen LogP contribution in [0.25, 0.3) is 0 Å². The number of ether oxygens (including phenoxy) is 1. The molecule has 0 spiro atoms. The Balaban J connectivity index is 1.57. The summed E-state index contributed by atoms with van der Waals surface area (Å²) in [6.07, 6.45) is 10.0. The molecule has 4 heteroatoms. The molecule has 11 atom stereocenters. The lowest BCUT2D eigenvalue weighted by molar-refractivity contribution is -0.228. The summed E-state index contributed by atoms with van der Waals surface area (Å²) >= 11 is 0. The van der Waals surface area contributed by atoms with Crippen LogP contribution in [0.4, 0.5) is 0 Å². The molecule has 4 saturated carbocycles. The van der Waals surface area contributed by atoms with Gasteiger partial charge in [-0.05, 0) is 90.8 Å². The normalized spacial score (nSPS) is 57.3. The summed E-state index contributed by atoms with van der Waals surface area (Å²) in [7, 11) is 1.76. The number of allylic oxidation sites excluding steroid dienone is 2. The molecule has 5 rings (SSSR count). The molecule has 4 fully saturated rings. The van der Waals surface area contributed by atoms with E-state index >= 15 is 0 Å². The van der Waals surface area contributed by atoms with Crippen molar-refractivity contribution in [2.45, 2.75) is 118 Å². The van der Waals surface area contributed by atoms with Gasteiger partial charge in [-0.25, -0.2) is 0 Å². The van der Waals surface area contributed by atoms with Gasteiger partial charge in [0.15, 0.2) is 0 Å². The van der Waals surface area contributed by atoms with Crippen LogP contribution in [0.1, 0.15) is 99.8 Å². The second kappa shape index (κ2) is 7.80. The monoisotopic (exact) mass is 488 g/mol. The van der Waals surface area contributed by atoms with Crippen LogP contribution in [0.5, 0.6) is 0 Å². The number of aliphatic hydroxyl groups is 3. The minimum atomic E-state index is -0.449. The Morgan fingerprint density at radius 2 is 1.57 bits per heavy atom. The van der Waals surface area contributed by atoms with Crippen molar-refractivity contribution in [2.24, 2.45) is 50.2 Å².